The summed E-state index contributed by atoms with van der Waals surface area (Å²) in [6, 6.07) is 19.5. The summed E-state index contributed by atoms with van der Waals surface area (Å²) in [6.07, 6.45) is 1.35. The van der Waals surface area contributed by atoms with Crippen LogP contribution in [0.3, 0.4) is 0 Å². The molecule has 0 aliphatic carbocycles. The third kappa shape index (κ3) is 6.97. The predicted octanol–water partition coefficient (Wildman–Crippen LogP) is 4.91. The van der Waals surface area contributed by atoms with E-state index in [9.17, 15) is 9.59 Å². The van der Waals surface area contributed by atoms with Crippen LogP contribution in [0.5, 0.6) is 11.5 Å². The number of nitrogens with one attached hydrogen (secondary N) is 2. The second-order valence-corrected chi connectivity index (χ2v) is 8.10. The number of halogens is 2. The molecule has 0 heterocycles. The fraction of sp³-hybridized carbons (Fsp3) is 0.160. The highest BCUT2D eigenvalue weighted by Crippen LogP contribution is 2.36. The van der Waals surface area contributed by atoms with Crippen LogP contribution in [0.25, 0.3) is 0 Å². The minimum atomic E-state index is -0.889. The first kappa shape index (κ1) is 25.1. The Hall–Kier alpha value is -3.55. The van der Waals surface area contributed by atoms with E-state index in [0.29, 0.717) is 27.1 Å². The first-order valence-electron chi connectivity index (χ1n) is 10.3. The van der Waals surface area contributed by atoms with Crippen molar-refractivity contribution in [2.75, 3.05) is 7.11 Å². The van der Waals surface area contributed by atoms with Crippen molar-refractivity contribution in [1.82, 2.24) is 10.7 Å². The quantitative estimate of drug-likeness (QED) is 0.261. The Labute approximate surface area is 207 Å². The number of ether oxygens (including phenoxy) is 2. The Balaban J connectivity index is 1.59. The minimum absolute atomic E-state index is 0.271. The number of hydrazone groups is 1. The molecule has 3 aromatic carbocycles. The summed E-state index contributed by atoms with van der Waals surface area (Å²) in [4.78, 5) is 24.2. The zero-order valence-electron chi connectivity index (χ0n) is 18.5. The van der Waals surface area contributed by atoms with E-state index in [4.69, 9.17) is 32.7 Å². The number of hydrogen-bond donors (Lipinski definition) is 2. The SMILES string of the molecule is COc1cc(/C=N\NC(=O)C(=O)N[C@H](C)c2ccccc2)cc(Cl)c1OCc1ccc(Cl)cc1. The topological polar surface area (TPSA) is 89.0 Å². The molecule has 0 aliphatic rings. The molecule has 34 heavy (non-hydrogen) atoms. The fourth-order valence-electron chi connectivity index (χ4n) is 2.99. The average Bonchev–Trinajstić information content (AvgIpc) is 2.84. The number of amides is 2. The number of nitrogens with zero attached hydrogens (tertiary/aromatic N) is 1. The van der Waals surface area contributed by atoms with E-state index >= 15 is 0 Å². The van der Waals surface area contributed by atoms with Gasteiger partial charge in [0.2, 0.25) is 0 Å². The van der Waals surface area contributed by atoms with E-state index in [1.165, 1.54) is 13.3 Å². The number of carbonyl (C=O) groups is 2. The molecule has 0 saturated heterocycles. The molecule has 0 aliphatic heterocycles. The highest BCUT2D eigenvalue weighted by molar-refractivity contribution is 6.35. The minimum Gasteiger partial charge on any atom is -0.493 e. The summed E-state index contributed by atoms with van der Waals surface area (Å²) in [5.74, 6) is -0.923. The van der Waals surface area contributed by atoms with E-state index in [-0.39, 0.29) is 12.6 Å². The third-order valence-electron chi connectivity index (χ3n) is 4.78. The summed E-state index contributed by atoms with van der Waals surface area (Å²) < 4.78 is 11.2. The summed E-state index contributed by atoms with van der Waals surface area (Å²) in [7, 11) is 1.49. The molecule has 0 bridgehead atoms. The van der Waals surface area contributed by atoms with Crippen molar-refractivity contribution in [1.29, 1.82) is 0 Å². The molecule has 0 aromatic heterocycles. The zero-order chi connectivity index (χ0) is 24.5. The van der Waals surface area contributed by atoms with Gasteiger partial charge in [0.25, 0.3) is 0 Å². The molecule has 9 heteroatoms. The Morgan fingerprint density at radius 2 is 1.74 bits per heavy atom. The molecule has 1 atom stereocenters. The van der Waals surface area contributed by atoms with Gasteiger partial charge in [-0.05, 0) is 47.9 Å². The van der Waals surface area contributed by atoms with Crippen molar-refractivity contribution in [2.24, 2.45) is 5.10 Å². The zero-order valence-corrected chi connectivity index (χ0v) is 20.1. The largest absolute Gasteiger partial charge is 0.493 e. The fourth-order valence-corrected chi connectivity index (χ4v) is 3.39. The highest BCUT2D eigenvalue weighted by Gasteiger charge is 2.16. The molecule has 0 saturated carbocycles. The molecule has 0 unspecified atom stereocenters. The second-order valence-electron chi connectivity index (χ2n) is 7.25. The second kappa shape index (κ2) is 12.1. The van der Waals surface area contributed by atoms with Crippen LogP contribution in [0, 0.1) is 0 Å². The lowest BCUT2D eigenvalue weighted by atomic mass is 10.1. The van der Waals surface area contributed by atoms with Crippen LogP contribution < -0.4 is 20.2 Å². The monoisotopic (exact) mass is 499 g/mol. The van der Waals surface area contributed by atoms with Gasteiger partial charge in [-0.2, -0.15) is 5.10 Å². The van der Waals surface area contributed by atoms with Gasteiger partial charge in [0.15, 0.2) is 11.5 Å². The van der Waals surface area contributed by atoms with Crippen molar-refractivity contribution in [2.45, 2.75) is 19.6 Å². The van der Waals surface area contributed by atoms with Crippen molar-refractivity contribution < 1.29 is 19.1 Å². The van der Waals surface area contributed by atoms with Crippen LogP contribution in [0.1, 0.15) is 29.7 Å². The number of hydrogen-bond acceptors (Lipinski definition) is 5. The van der Waals surface area contributed by atoms with Crippen molar-refractivity contribution in [3.63, 3.8) is 0 Å². The lowest BCUT2D eigenvalue weighted by molar-refractivity contribution is -0.139. The lowest BCUT2D eigenvalue weighted by Gasteiger charge is -2.13. The Morgan fingerprint density at radius 3 is 2.41 bits per heavy atom. The molecule has 0 spiro atoms. The molecule has 176 valence electrons. The van der Waals surface area contributed by atoms with Crippen LogP contribution in [0.15, 0.2) is 71.8 Å². The molecule has 2 N–H and O–H groups in total. The van der Waals surface area contributed by atoms with Crippen molar-refractivity contribution in [3.8, 4) is 11.5 Å². The Bertz CT molecular complexity index is 1170. The molecule has 3 aromatic rings. The maximum atomic E-state index is 12.1. The molecule has 2 amide bonds. The number of carbonyl (C=O) groups excluding carboxylic acids is 2. The van der Waals surface area contributed by atoms with Crippen LogP contribution in [-0.4, -0.2) is 25.1 Å². The normalized spacial score (nSPS) is 11.6. The van der Waals surface area contributed by atoms with Crippen LogP contribution in [0.4, 0.5) is 0 Å². The van der Waals surface area contributed by atoms with Gasteiger partial charge in [0.05, 0.1) is 24.4 Å². The van der Waals surface area contributed by atoms with Gasteiger partial charge in [-0.3, -0.25) is 9.59 Å². The van der Waals surface area contributed by atoms with Gasteiger partial charge in [-0.15, -0.1) is 0 Å². The highest BCUT2D eigenvalue weighted by atomic mass is 35.5. The van der Waals surface area contributed by atoms with Crippen LogP contribution in [0.2, 0.25) is 10.0 Å². The number of benzene rings is 3. The predicted molar refractivity (Wildman–Crippen MR) is 133 cm³/mol. The number of methoxy groups -OCH3 is 1. The molecular weight excluding hydrogens is 477 g/mol. The average molecular weight is 500 g/mol. The molecule has 7 nitrogen and oxygen atoms in total. The Kier molecular flexibility index (Phi) is 8.90. The van der Waals surface area contributed by atoms with Gasteiger partial charge >= 0.3 is 11.8 Å². The van der Waals surface area contributed by atoms with Crippen molar-refractivity contribution >= 4 is 41.2 Å². The first-order valence-corrected chi connectivity index (χ1v) is 11.1. The van der Waals surface area contributed by atoms with Gasteiger partial charge in [-0.25, -0.2) is 5.43 Å². The van der Waals surface area contributed by atoms with E-state index < -0.39 is 11.8 Å². The third-order valence-corrected chi connectivity index (χ3v) is 5.31. The van der Waals surface area contributed by atoms with Gasteiger partial charge < -0.3 is 14.8 Å². The maximum Gasteiger partial charge on any atom is 0.329 e. The molecule has 0 fully saturated rings. The summed E-state index contributed by atoms with van der Waals surface area (Å²) in [5, 5.41) is 7.40. The van der Waals surface area contributed by atoms with E-state index in [2.05, 4.69) is 15.8 Å². The Morgan fingerprint density at radius 1 is 1.03 bits per heavy atom. The lowest BCUT2D eigenvalue weighted by Crippen LogP contribution is -2.39. The standard InChI is InChI=1S/C25H23Cl2N3O4/c1-16(19-6-4-3-5-7-19)29-24(31)25(32)30-28-14-18-12-21(27)23(22(13-18)33-2)34-15-17-8-10-20(26)11-9-17/h3-14,16H,15H2,1-2H3,(H,29,31)(H,30,32)/b28-14-/t16-/m1/s1. The van der Waals surface area contributed by atoms with E-state index in [1.807, 2.05) is 42.5 Å². The van der Waals surface area contributed by atoms with E-state index in [0.717, 1.165) is 11.1 Å². The molecule has 0 radical (unpaired) electrons. The maximum absolute atomic E-state index is 12.1. The summed E-state index contributed by atoms with van der Waals surface area (Å²) >= 11 is 12.3. The smallest absolute Gasteiger partial charge is 0.329 e. The van der Waals surface area contributed by atoms with Crippen LogP contribution in [-0.2, 0) is 16.2 Å². The molecule has 3 rings (SSSR count). The van der Waals surface area contributed by atoms with E-state index in [1.54, 1.807) is 31.2 Å². The van der Waals surface area contributed by atoms with Gasteiger partial charge in [-0.1, -0.05) is 65.7 Å². The summed E-state index contributed by atoms with van der Waals surface area (Å²) in [6.45, 7) is 2.06. The number of rotatable bonds is 8. The summed E-state index contributed by atoms with van der Waals surface area (Å²) in [5.41, 5.74) is 4.54. The molecular formula is C25H23Cl2N3O4. The van der Waals surface area contributed by atoms with Gasteiger partial charge in [0, 0.05) is 5.02 Å². The van der Waals surface area contributed by atoms with Crippen molar-refractivity contribution in [3.05, 3.63) is 93.5 Å². The van der Waals surface area contributed by atoms with Gasteiger partial charge in [0.1, 0.15) is 6.61 Å². The first-order chi connectivity index (χ1) is 16.4. The van der Waals surface area contributed by atoms with Crippen LogP contribution >= 0.6 is 23.2 Å².